The minimum atomic E-state index is -0.851. The maximum absolute atomic E-state index is 11.6. The molecule has 0 spiro atoms. The SMILES string of the molecule is O=C(O)c1cccc2c3c(n(Cc4ccccc4)c12)CCC3. The van der Waals surface area contributed by atoms with Gasteiger partial charge < -0.3 is 9.67 Å². The molecule has 3 aromatic rings. The van der Waals surface area contributed by atoms with Gasteiger partial charge in [-0.2, -0.15) is 0 Å². The van der Waals surface area contributed by atoms with Gasteiger partial charge in [-0.25, -0.2) is 4.79 Å². The summed E-state index contributed by atoms with van der Waals surface area (Å²) in [5.41, 5.74) is 5.14. The number of benzene rings is 2. The van der Waals surface area contributed by atoms with Gasteiger partial charge in [0, 0.05) is 17.6 Å². The summed E-state index contributed by atoms with van der Waals surface area (Å²) in [5, 5.41) is 10.7. The summed E-state index contributed by atoms with van der Waals surface area (Å²) in [6, 6.07) is 15.9. The summed E-state index contributed by atoms with van der Waals surface area (Å²) in [4.78, 5) is 11.6. The van der Waals surface area contributed by atoms with E-state index in [4.69, 9.17) is 0 Å². The van der Waals surface area contributed by atoms with Crippen molar-refractivity contribution in [2.45, 2.75) is 25.8 Å². The molecule has 0 amide bonds. The molecule has 4 rings (SSSR count). The Morgan fingerprint density at radius 3 is 2.64 bits per heavy atom. The number of aromatic nitrogens is 1. The van der Waals surface area contributed by atoms with E-state index in [0.717, 1.165) is 36.7 Å². The quantitative estimate of drug-likeness (QED) is 0.795. The molecule has 1 aromatic heterocycles. The van der Waals surface area contributed by atoms with E-state index in [-0.39, 0.29) is 0 Å². The van der Waals surface area contributed by atoms with Crippen LogP contribution in [0.15, 0.2) is 48.5 Å². The predicted molar refractivity (Wildman–Crippen MR) is 86.5 cm³/mol. The van der Waals surface area contributed by atoms with Crippen molar-refractivity contribution >= 4 is 16.9 Å². The van der Waals surface area contributed by atoms with Crippen LogP contribution in [0.1, 0.15) is 33.6 Å². The van der Waals surface area contributed by atoms with Gasteiger partial charge in [0.2, 0.25) is 0 Å². The third-order valence-electron chi connectivity index (χ3n) is 4.56. The fourth-order valence-corrected chi connectivity index (χ4v) is 3.64. The molecule has 0 saturated heterocycles. The van der Waals surface area contributed by atoms with Crippen molar-refractivity contribution in [1.29, 1.82) is 0 Å². The lowest BCUT2D eigenvalue weighted by Crippen LogP contribution is -2.07. The Kier molecular flexibility index (Phi) is 3.00. The van der Waals surface area contributed by atoms with Gasteiger partial charge in [-0.1, -0.05) is 42.5 Å². The lowest BCUT2D eigenvalue weighted by molar-refractivity contribution is 0.0698. The zero-order valence-corrected chi connectivity index (χ0v) is 12.2. The van der Waals surface area contributed by atoms with Crippen LogP contribution in [0.2, 0.25) is 0 Å². The second-order valence-electron chi connectivity index (χ2n) is 5.86. The van der Waals surface area contributed by atoms with Gasteiger partial charge in [-0.05, 0) is 36.5 Å². The van der Waals surface area contributed by atoms with E-state index in [1.807, 2.05) is 24.3 Å². The number of carboxylic acid groups (broad SMARTS) is 1. The van der Waals surface area contributed by atoms with Gasteiger partial charge in [0.1, 0.15) is 0 Å². The second kappa shape index (κ2) is 5.02. The zero-order valence-electron chi connectivity index (χ0n) is 12.2. The van der Waals surface area contributed by atoms with Crippen molar-refractivity contribution in [2.75, 3.05) is 0 Å². The van der Waals surface area contributed by atoms with Crippen LogP contribution in [0, 0.1) is 0 Å². The molecule has 0 radical (unpaired) electrons. The number of fused-ring (bicyclic) bond motifs is 3. The van der Waals surface area contributed by atoms with E-state index in [9.17, 15) is 9.90 Å². The molecule has 3 heteroatoms. The molecule has 0 aliphatic heterocycles. The van der Waals surface area contributed by atoms with Crippen LogP contribution in [0.4, 0.5) is 0 Å². The summed E-state index contributed by atoms with van der Waals surface area (Å²) < 4.78 is 2.22. The number of aromatic carboxylic acids is 1. The number of para-hydroxylation sites is 1. The van der Waals surface area contributed by atoms with Crippen molar-refractivity contribution in [3.8, 4) is 0 Å². The van der Waals surface area contributed by atoms with Gasteiger partial charge in [-0.15, -0.1) is 0 Å². The molecule has 0 atom stereocenters. The van der Waals surface area contributed by atoms with Crippen LogP contribution in [-0.4, -0.2) is 15.6 Å². The van der Waals surface area contributed by atoms with Crippen LogP contribution >= 0.6 is 0 Å². The summed E-state index contributed by atoms with van der Waals surface area (Å²) in [6.07, 6.45) is 3.25. The average Bonchev–Trinajstić information content (AvgIpc) is 3.11. The minimum absolute atomic E-state index is 0.405. The average molecular weight is 291 g/mol. The van der Waals surface area contributed by atoms with Gasteiger partial charge in [0.25, 0.3) is 0 Å². The standard InChI is InChI=1S/C19H17NO2/c21-19(22)16-10-4-9-15-14-8-5-11-17(14)20(18(15)16)12-13-6-2-1-3-7-13/h1-4,6-7,9-10H,5,8,11-12H2,(H,21,22). The number of hydrogen-bond donors (Lipinski definition) is 1. The number of aryl methyl sites for hydroxylation is 1. The first-order valence-corrected chi connectivity index (χ1v) is 7.66. The Bertz CT molecular complexity index is 862. The Hall–Kier alpha value is -2.55. The molecule has 0 saturated carbocycles. The second-order valence-corrected chi connectivity index (χ2v) is 5.86. The Labute approximate surface area is 128 Å². The highest BCUT2D eigenvalue weighted by Gasteiger charge is 2.24. The van der Waals surface area contributed by atoms with Crippen LogP contribution in [0.5, 0.6) is 0 Å². The van der Waals surface area contributed by atoms with Crippen molar-refractivity contribution in [1.82, 2.24) is 4.57 Å². The molecule has 0 unspecified atom stereocenters. The largest absolute Gasteiger partial charge is 0.478 e. The van der Waals surface area contributed by atoms with E-state index in [0.29, 0.717) is 5.56 Å². The molecule has 0 bridgehead atoms. The van der Waals surface area contributed by atoms with E-state index < -0.39 is 5.97 Å². The predicted octanol–water partition coefficient (Wildman–Crippen LogP) is 3.88. The van der Waals surface area contributed by atoms with Crippen LogP contribution < -0.4 is 0 Å². The number of carboxylic acids is 1. The number of nitrogens with zero attached hydrogens (tertiary/aromatic N) is 1. The molecule has 2 aromatic carbocycles. The minimum Gasteiger partial charge on any atom is -0.478 e. The van der Waals surface area contributed by atoms with Crippen LogP contribution in [0.25, 0.3) is 10.9 Å². The van der Waals surface area contributed by atoms with Gasteiger partial charge in [0.05, 0.1) is 11.1 Å². The van der Waals surface area contributed by atoms with Crippen LogP contribution in [-0.2, 0) is 19.4 Å². The molecular weight excluding hydrogens is 274 g/mol. The molecule has 22 heavy (non-hydrogen) atoms. The summed E-state index contributed by atoms with van der Waals surface area (Å²) in [5.74, 6) is -0.851. The first kappa shape index (κ1) is 13.1. The topological polar surface area (TPSA) is 42.2 Å². The summed E-state index contributed by atoms with van der Waals surface area (Å²) in [7, 11) is 0. The molecule has 1 N–H and O–H groups in total. The van der Waals surface area contributed by atoms with E-state index in [1.54, 1.807) is 6.07 Å². The third kappa shape index (κ3) is 1.93. The van der Waals surface area contributed by atoms with Crippen molar-refractivity contribution < 1.29 is 9.90 Å². The van der Waals surface area contributed by atoms with Crippen molar-refractivity contribution in [3.63, 3.8) is 0 Å². The molecule has 110 valence electrons. The Balaban J connectivity index is 1.98. The molecular formula is C19H17NO2. The van der Waals surface area contributed by atoms with Crippen molar-refractivity contribution in [2.24, 2.45) is 0 Å². The molecule has 3 nitrogen and oxygen atoms in total. The highest BCUT2D eigenvalue weighted by atomic mass is 16.4. The molecule has 0 fully saturated rings. The first-order chi connectivity index (χ1) is 10.8. The molecule has 1 aliphatic rings. The first-order valence-electron chi connectivity index (χ1n) is 7.66. The highest BCUT2D eigenvalue weighted by molar-refractivity contribution is 6.04. The third-order valence-corrected chi connectivity index (χ3v) is 4.56. The zero-order chi connectivity index (χ0) is 15.1. The lowest BCUT2D eigenvalue weighted by Gasteiger charge is -2.11. The number of carbonyl (C=O) groups is 1. The normalized spacial score (nSPS) is 13.5. The smallest absolute Gasteiger partial charge is 0.337 e. The molecule has 1 heterocycles. The maximum Gasteiger partial charge on any atom is 0.337 e. The molecule has 1 aliphatic carbocycles. The lowest BCUT2D eigenvalue weighted by atomic mass is 10.1. The van der Waals surface area contributed by atoms with E-state index >= 15 is 0 Å². The van der Waals surface area contributed by atoms with E-state index in [2.05, 4.69) is 22.8 Å². The Morgan fingerprint density at radius 1 is 1.05 bits per heavy atom. The van der Waals surface area contributed by atoms with Gasteiger partial charge >= 0.3 is 5.97 Å². The van der Waals surface area contributed by atoms with Gasteiger partial charge in [-0.3, -0.25) is 0 Å². The monoisotopic (exact) mass is 291 g/mol. The Morgan fingerprint density at radius 2 is 1.86 bits per heavy atom. The fourth-order valence-electron chi connectivity index (χ4n) is 3.64. The summed E-state index contributed by atoms with van der Waals surface area (Å²) in [6.45, 7) is 0.733. The van der Waals surface area contributed by atoms with Crippen LogP contribution in [0.3, 0.4) is 0 Å². The van der Waals surface area contributed by atoms with Crippen molar-refractivity contribution in [3.05, 3.63) is 70.9 Å². The highest BCUT2D eigenvalue weighted by Crippen LogP contribution is 2.35. The summed E-state index contributed by atoms with van der Waals surface area (Å²) >= 11 is 0. The number of hydrogen-bond acceptors (Lipinski definition) is 1. The van der Waals surface area contributed by atoms with E-state index in [1.165, 1.54) is 16.8 Å². The number of rotatable bonds is 3. The maximum atomic E-state index is 11.6. The fraction of sp³-hybridized carbons (Fsp3) is 0.211. The van der Waals surface area contributed by atoms with Gasteiger partial charge in [0.15, 0.2) is 0 Å².